The van der Waals surface area contributed by atoms with E-state index in [-0.39, 0.29) is 25.6 Å². The van der Waals surface area contributed by atoms with Crippen molar-refractivity contribution in [3.8, 4) is 17.2 Å². The minimum Gasteiger partial charge on any atom is -0.493 e. The first-order valence-corrected chi connectivity index (χ1v) is 19.6. The lowest BCUT2D eigenvalue weighted by atomic mass is 10.1. The normalized spacial score (nSPS) is 15.1. The van der Waals surface area contributed by atoms with Gasteiger partial charge in [-0.3, -0.25) is 9.42 Å². The van der Waals surface area contributed by atoms with Crippen LogP contribution in [-0.4, -0.2) is 60.4 Å². The Morgan fingerprint density at radius 2 is 1.57 bits per heavy atom. The molecule has 1 aliphatic rings. The smallest absolute Gasteiger partial charge is 0.493 e. The van der Waals surface area contributed by atoms with Crippen molar-refractivity contribution in [2.75, 3.05) is 39.4 Å². The van der Waals surface area contributed by atoms with Crippen LogP contribution in [0.2, 0.25) is 0 Å². The fraction of sp³-hybridized carbons (Fsp3) is 0.611. The van der Waals surface area contributed by atoms with Gasteiger partial charge in [0.2, 0.25) is 0 Å². The maximum atomic E-state index is 12.8. The van der Waals surface area contributed by atoms with E-state index in [1.807, 2.05) is 38.1 Å². The fourth-order valence-corrected chi connectivity index (χ4v) is 7.31. The highest BCUT2D eigenvalue weighted by Gasteiger charge is 2.26. The highest BCUT2D eigenvalue weighted by Crippen LogP contribution is 2.44. The molecule has 2 atom stereocenters. The molecule has 0 amide bonds. The average Bonchev–Trinajstić information content (AvgIpc) is 3.39. The van der Waals surface area contributed by atoms with E-state index >= 15 is 0 Å². The number of hydrogen-bond acceptors (Lipinski definition) is 9. The van der Waals surface area contributed by atoms with Crippen LogP contribution >= 0.6 is 19.6 Å². The molecule has 0 saturated heterocycles. The van der Waals surface area contributed by atoms with Gasteiger partial charge in [-0.2, -0.15) is 0 Å². The molecule has 0 fully saturated rings. The lowest BCUT2D eigenvalue weighted by molar-refractivity contribution is 0.0159. The minimum absolute atomic E-state index is 0.119. The number of aliphatic hydroxyl groups excluding tert-OH is 1. The molecule has 1 heterocycles. The fourth-order valence-electron chi connectivity index (χ4n) is 5.36. The van der Waals surface area contributed by atoms with Crippen LogP contribution in [0.3, 0.4) is 0 Å². The Labute approximate surface area is 286 Å². The first kappa shape index (κ1) is 39.2. The summed E-state index contributed by atoms with van der Waals surface area (Å²) in [5, 5.41) is 9.27. The molecule has 2 unspecified atom stereocenters. The summed E-state index contributed by atoms with van der Waals surface area (Å²) >= 11 is 1.72. The number of thioether (sulfide) groups is 1. The summed E-state index contributed by atoms with van der Waals surface area (Å²) in [6.45, 7) is 7.60. The largest absolute Gasteiger partial charge is 0.527 e. The second-order valence-electron chi connectivity index (χ2n) is 12.0. The third-order valence-electron chi connectivity index (χ3n) is 8.28. The van der Waals surface area contributed by atoms with E-state index in [9.17, 15) is 14.6 Å². The van der Waals surface area contributed by atoms with Gasteiger partial charge in [0, 0.05) is 42.8 Å². The molecule has 0 saturated carbocycles. The molecule has 0 spiro atoms. The van der Waals surface area contributed by atoms with Gasteiger partial charge in [0.05, 0.1) is 19.1 Å². The first-order valence-electron chi connectivity index (χ1n) is 17.1. The molecule has 1 aliphatic heterocycles. The molecule has 0 aliphatic carbocycles. The zero-order valence-corrected chi connectivity index (χ0v) is 30.5. The molecule has 2 aromatic rings. The lowest BCUT2D eigenvalue weighted by Gasteiger charge is -2.21. The van der Waals surface area contributed by atoms with Gasteiger partial charge in [0.1, 0.15) is 30.0 Å². The van der Waals surface area contributed by atoms with Gasteiger partial charge in [0.15, 0.2) is 0 Å². The molecule has 2 N–H and O–H groups in total. The second-order valence-corrected chi connectivity index (χ2v) is 14.5. The molecule has 3 rings (SSSR count). The molecule has 11 heteroatoms. The van der Waals surface area contributed by atoms with Crippen molar-refractivity contribution in [3.05, 3.63) is 64.2 Å². The van der Waals surface area contributed by atoms with Crippen LogP contribution in [0.5, 0.6) is 17.2 Å². The van der Waals surface area contributed by atoms with Gasteiger partial charge in [0.25, 0.3) is 0 Å². The molecule has 9 nitrogen and oxygen atoms in total. The van der Waals surface area contributed by atoms with Gasteiger partial charge >= 0.3 is 7.82 Å². The third-order valence-corrected chi connectivity index (χ3v) is 10.5. The zero-order valence-electron chi connectivity index (χ0n) is 28.8. The van der Waals surface area contributed by atoms with Crippen LogP contribution in [0.4, 0.5) is 0 Å². The van der Waals surface area contributed by atoms with Crippen LogP contribution < -0.4 is 14.0 Å². The number of unbranched alkanes of at least 4 members (excludes halogenated alkanes) is 9. The molecule has 264 valence electrons. The van der Waals surface area contributed by atoms with Crippen molar-refractivity contribution in [2.24, 2.45) is 0 Å². The predicted octanol–water partition coefficient (Wildman–Crippen LogP) is 9.00. The van der Waals surface area contributed by atoms with Crippen molar-refractivity contribution >= 4 is 19.6 Å². The van der Waals surface area contributed by atoms with E-state index < -0.39 is 13.9 Å². The summed E-state index contributed by atoms with van der Waals surface area (Å²) in [5.74, 6) is 2.50. The number of aliphatic hydroxyl groups is 1. The van der Waals surface area contributed by atoms with E-state index in [0.717, 1.165) is 34.9 Å². The monoisotopic (exact) mass is 693 g/mol. The van der Waals surface area contributed by atoms with Gasteiger partial charge in [-0.1, -0.05) is 82.9 Å². The van der Waals surface area contributed by atoms with Crippen molar-refractivity contribution in [3.63, 3.8) is 0 Å². The Morgan fingerprint density at radius 1 is 0.915 bits per heavy atom. The average molecular weight is 694 g/mol. The number of phosphoric acid groups is 1. The van der Waals surface area contributed by atoms with Crippen LogP contribution in [0.1, 0.15) is 95.6 Å². The van der Waals surface area contributed by atoms with Crippen LogP contribution in [0.25, 0.3) is 0 Å². The molecular formula is C36H56NO8PS. The maximum absolute atomic E-state index is 12.8. The van der Waals surface area contributed by atoms with E-state index in [1.165, 1.54) is 69.8 Å². The molecule has 0 aromatic heterocycles. The second kappa shape index (κ2) is 21.7. The standard InChI is InChI=1S/C36H56NO8PS/c1-5-6-7-8-9-10-11-12-13-14-23-42-34-19-16-20-35(29(34)2)43-26-33(41-4)27-44-46(39,40)45-32-18-15-17-31(24-32)25-37-28-47-36(21-22-38)30(37)3/h15-20,24,33,38H,5-14,21-23,25-28H2,1-4H3,(H,39,40). The number of phosphoric ester groups is 1. The SMILES string of the molecule is CCCCCCCCCCCCOc1cccc(OCC(COP(=O)(O)Oc2cccc(CN3CSC(CCO)=C3C)c2)OC)c1C. The van der Waals surface area contributed by atoms with Crippen LogP contribution in [0, 0.1) is 6.92 Å². The number of ether oxygens (including phenoxy) is 3. The Balaban J connectivity index is 1.39. The Hall–Kier alpha value is -2.20. The minimum atomic E-state index is -4.42. The summed E-state index contributed by atoms with van der Waals surface area (Å²) in [5.41, 5.74) is 2.97. The molecule has 2 aromatic carbocycles. The van der Waals surface area contributed by atoms with Crippen LogP contribution in [0.15, 0.2) is 53.1 Å². The van der Waals surface area contributed by atoms with Gasteiger partial charge in [-0.05, 0) is 50.1 Å². The number of benzene rings is 2. The van der Waals surface area contributed by atoms with Crippen LogP contribution in [-0.2, 0) is 20.4 Å². The van der Waals surface area contributed by atoms with E-state index in [0.29, 0.717) is 25.3 Å². The number of rotatable bonds is 25. The number of allylic oxidation sites excluding steroid dienone is 1. The van der Waals surface area contributed by atoms with Gasteiger partial charge in [-0.25, -0.2) is 4.57 Å². The summed E-state index contributed by atoms with van der Waals surface area (Å²) in [6, 6.07) is 12.8. The molecule has 0 radical (unpaired) electrons. The summed E-state index contributed by atoms with van der Waals surface area (Å²) < 4.78 is 41.0. The van der Waals surface area contributed by atoms with Gasteiger partial charge < -0.3 is 28.7 Å². The summed E-state index contributed by atoms with van der Waals surface area (Å²) in [6.07, 6.45) is 12.9. The Kier molecular flexibility index (Phi) is 18.1. The zero-order chi connectivity index (χ0) is 33.9. The van der Waals surface area contributed by atoms with E-state index in [1.54, 1.807) is 30.0 Å². The van der Waals surface area contributed by atoms with Crippen molar-refractivity contribution < 1.29 is 37.8 Å². The van der Waals surface area contributed by atoms with E-state index in [2.05, 4.69) is 11.8 Å². The van der Waals surface area contributed by atoms with Crippen molar-refractivity contribution in [1.29, 1.82) is 0 Å². The quantitative estimate of drug-likeness (QED) is 0.0773. The third kappa shape index (κ3) is 14.4. The lowest BCUT2D eigenvalue weighted by Crippen LogP contribution is -2.26. The first-order chi connectivity index (χ1) is 22.8. The van der Waals surface area contributed by atoms with E-state index in [4.69, 9.17) is 23.3 Å². The van der Waals surface area contributed by atoms with Gasteiger partial charge in [-0.15, -0.1) is 11.8 Å². The molecule has 47 heavy (non-hydrogen) atoms. The summed E-state index contributed by atoms with van der Waals surface area (Å²) in [7, 11) is -2.92. The number of nitrogens with zero attached hydrogens (tertiary/aromatic N) is 1. The highest BCUT2D eigenvalue weighted by atomic mass is 32.2. The Morgan fingerprint density at radius 3 is 2.26 bits per heavy atom. The number of hydrogen-bond donors (Lipinski definition) is 2. The topological polar surface area (TPSA) is 107 Å². The van der Waals surface area contributed by atoms with Crippen molar-refractivity contribution in [1.82, 2.24) is 4.90 Å². The highest BCUT2D eigenvalue weighted by molar-refractivity contribution is 8.03. The molecule has 0 bridgehead atoms. The summed E-state index contributed by atoms with van der Waals surface area (Å²) in [4.78, 5) is 13.8. The van der Waals surface area contributed by atoms with Crippen molar-refractivity contribution in [2.45, 2.75) is 104 Å². The number of methoxy groups -OCH3 is 1. The predicted molar refractivity (Wildman–Crippen MR) is 190 cm³/mol. The maximum Gasteiger partial charge on any atom is 0.527 e. The molecular weight excluding hydrogens is 637 g/mol. The Bertz CT molecular complexity index is 1280.